The second-order valence-electron chi connectivity index (χ2n) is 4.18. The highest BCUT2D eigenvalue weighted by Gasteiger charge is 2.23. The van der Waals surface area contributed by atoms with Gasteiger partial charge in [0.2, 0.25) is 5.91 Å². The fourth-order valence-corrected chi connectivity index (χ4v) is 3.66. The van der Waals surface area contributed by atoms with Gasteiger partial charge in [0.25, 0.3) is 10.0 Å². The van der Waals surface area contributed by atoms with Gasteiger partial charge in [0, 0.05) is 13.6 Å². The van der Waals surface area contributed by atoms with E-state index in [2.05, 4.69) is 5.32 Å². The third-order valence-corrected chi connectivity index (χ3v) is 5.59. The van der Waals surface area contributed by atoms with Crippen LogP contribution >= 0.6 is 11.3 Å². The predicted molar refractivity (Wildman–Crippen MR) is 73.4 cm³/mol. The molecule has 1 heterocycles. The van der Waals surface area contributed by atoms with Crippen LogP contribution in [0.2, 0.25) is 0 Å². The number of aliphatic hydroxyl groups excluding tert-OH is 1. The first-order valence-corrected chi connectivity index (χ1v) is 8.10. The van der Waals surface area contributed by atoms with Gasteiger partial charge < -0.3 is 10.4 Å². The summed E-state index contributed by atoms with van der Waals surface area (Å²) in [6.07, 6.45) is -0.0551. The molecule has 0 aliphatic rings. The standard InChI is InChI=1S/C11H18N2O4S2/c1-9(14)5-6-12-10(15)8-13(2)19(16,17)11-4-3-7-18-11/h3-4,7,9,14H,5-6,8H2,1-2H3,(H,12,15). The summed E-state index contributed by atoms with van der Waals surface area (Å²) in [6.45, 7) is 1.71. The lowest BCUT2D eigenvalue weighted by molar-refractivity contribution is -0.121. The Balaban J connectivity index is 2.51. The first kappa shape index (κ1) is 16.1. The first-order valence-electron chi connectivity index (χ1n) is 5.78. The van der Waals surface area contributed by atoms with Gasteiger partial charge in [0.1, 0.15) is 4.21 Å². The van der Waals surface area contributed by atoms with Crippen molar-refractivity contribution in [1.29, 1.82) is 0 Å². The molecule has 1 rings (SSSR count). The summed E-state index contributed by atoms with van der Waals surface area (Å²) >= 11 is 1.11. The largest absolute Gasteiger partial charge is 0.393 e. The average molecular weight is 306 g/mol. The highest BCUT2D eigenvalue weighted by Crippen LogP contribution is 2.19. The van der Waals surface area contributed by atoms with Crippen molar-refractivity contribution in [2.75, 3.05) is 20.1 Å². The lowest BCUT2D eigenvalue weighted by Gasteiger charge is -2.15. The Morgan fingerprint density at radius 1 is 1.58 bits per heavy atom. The van der Waals surface area contributed by atoms with Gasteiger partial charge in [-0.05, 0) is 24.8 Å². The summed E-state index contributed by atoms with van der Waals surface area (Å²) < 4.78 is 25.3. The molecule has 1 atom stereocenters. The summed E-state index contributed by atoms with van der Waals surface area (Å²) in [6, 6.07) is 3.15. The van der Waals surface area contributed by atoms with Crippen LogP contribution in [0.4, 0.5) is 0 Å². The van der Waals surface area contributed by atoms with Gasteiger partial charge in [-0.2, -0.15) is 4.31 Å². The number of aliphatic hydroxyl groups is 1. The van der Waals surface area contributed by atoms with Crippen molar-refractivity contribution in [2.24, 2.45) is 0 Å². The molecule has 1 unspecified atom stereocenters. The van der Waals surface area contributed by atoms with E-state index in [1.807, 2.05) is 0 Å². The van der Waals surface area contributed by atoms with Crippen molar-refractivity contribution < 1.29 is 18.3 Å². The minimum Gasteiger partial charge on any atom is -0.393 e. The molecule has 108 valence electrons. The molecule has 0 bridgehead atoms. The molecule has 2 N–H and O–H groups in total. The van der Waals surface area contributed by atoms with E-state index in [9.17, 15) is 13.2 Å². The molecule has 1 aromatic rings. The molecule has 0 spiro atoms. The second-order valence-corrected chi connectivity index (χ2v) is 7.40. The number of carbonyl (C=O) groups excluding carboxylic acids is 1. The van der Waals surface area contributed by atoms with Gasteiger partial charge in [-0.3, -0.25) is 4.79 Å². The van der Waals surface area contributed by atoms with Crippen LogP contribution in [0.25, 0.3) is 0 Å². The lowest BCUT2D eigenvalue weighted by atomic mass is 10.3. The molecular weight excluding hydrogens is 288 g/mol. The highest BCUT2D eigenvalue weighted by atomic mass is 32.2. The van der Waals surface area contributed by atoms with Crippen molar-refractivity contribution in [3.05, 3.63) is 17.5 Å². The molecule has 1 aromatic heterocycles. The maximum absolute atomic E-state index is 12.0. The number of hydrogen-bond donors (Lipinski definition) is 2. The van der Waals surface area contributed by atoms with Crippen LogP contribution in [-0.4, -0.2) is 50.0 Å². The number of sulfonamides is 1. The zero-order valence-corrected chi connectivity index (χ0v) is 12.5. The Bertz CT molecular complexity index is 497. The number of hydrogen-bond acceptors (Lipinski definition) is 5. The Kier molecular flexibility index (Phi) is 5.92. The third-order valence-electron chi connectivity index (χ3n) is 2.41. The van der Waals surface area contributed by atoms with E-state index < -0.39 is 16.1 Å². The smallest absolute Gasteiger partial charge is 0.252 e. The number of nitrogens with zero attached hydrogens (tertiary/aromatic N) is 1. The van der Waals surface area contributed by atoms with Gasteiger partial charge in [-0.25, -0.2) is 8.42 Å². The molecule has 0 aliphatic carbocycles. The molecule has 19 heavy (non-hydrogen) atoms. The quantitative estimate of drug-likeness (QED) is 0.756. The fraction of sp³-hybridized carbons (Fsp3) is 0.545. The van der Waals surface area contributed by atoms with E-state index >= 15 is 0 Å². The zero-order valence-electron chi connectivity index (χ0n) is 10.9. The molecular formula is C11H18N2O4S2. The molecule has 0 aromatic carbocycles. The molecule has 8 heteroatoms. The highest BCUT2D eigenvalue weighted by molar-refractivity contribution is 7.91. The number of amides is 1. The minimum atomic E-state index is -3.59. The molecule has 0 saturated heterocycles. The first-order chi connectivity index (χ1) is 8.84. The van der Waals surface area contributed by atoms with Crippen LogP contribution in [0.15, 0.2) is 21.7 Å². The van der Waals surface area contributed by atoms with Gasteiger partial charge >= 0.3 is 0 Å². The number of thiophene rings is 1. The maximum Gasteiger partial charge on any atom is 0.252 e. The van der Waals surface area contributed by atoms with Crippen molar-refractivity contribution in [1.82, 2.24) is 9.62 Å². The Morgan fingerprint density at radius 3 is 2.79 bits per heavy atom. The Morgan fingerprint density at radius 2 is 2.26 bits per heavy atom. The minimum absolute atomic E-state index is 0.215. The van der Waals surface area contributed by atoms with E-state index in [1.54, 1.807) is 18.4 Å². The Labute approximate surface area is 117 Å². The number of rotatable bonds is 7. The van der Waals surface area contributed by atoms with Gasteiger partial charge in [0.05, 0.1) is 12.6 Å². The molecule has 0 fully saturated rings. The van der Waals surface area contributed by atoms with E-state index in [1.165, 1.54) is 13.1 Å². The number of nitrogens with one attached hydrogen (secondary N) is 1. The SMILES string of the molecule is CC(O)CCNC(=O)CN(C)S(=O)(=O)c1cccs1. The zero-order chi connectivity index (χ0) is 14.5. The molecule has 6 nitrogen and oxygen atoms in total. The van der Waals surface area contributed by atoms with E-state index in [-0.39, 0.29) is 16.7 Å². The van der Waals surface area contributed by atoms with E-state index in [4.69, 9.17) is 5.11 Å². The fourth-order valence-electron chi connectivity index (χ4n) is 1.33. The van der Waals surface area contributed by atoms with Crippen molar-refractivity contribution in [2.45, 2.75) is 23.7 Å². The van der Waals surface area contributed by atoms with Crippen LogP contribution in [0.5, 0.6) is 0 Å². The molecule has 1 amide bonds. The normalized spacial score (nSPS) is 13.5. The van der Waals surface area contributed by atoms with Crippen LogP contribution in [0.3, 0.4) is 0 Å². The maximum atomic E-state index is 12.0. The third kappa shape index (κ3) is 4.90. The second kappa shape index (κ2) is 6.99. The van der Waals surface area contributed by atoms with Gasteiger partial charge in [0.15, 0.2) is 0 Å². The van der Waals surface area contributed by atoms with Crippen molar-refractivity contribution in [3.63, 3.8) is 0 Å². The monoisotopic (exact) mass is 306 g/mol. The average Bonchev–Trinajstić information content (AvgIpc) is 2.82. The number of likely N-dealkylation sites (N-methyl/N-ethyl adjacent to an activating group) is 1. The van der Waals surface area contributed by atoms with Crippen molar-refractivity contribution >= 4 is 27.3 Å². The molecule has 0 radical (unpaired) electrons. The van der Waals surface area contributed by atoms with E-state index in [0.717, 1.165) is 15.6 Å². The van der Waals surface area contributed by atoms with Crippen LogP contribution in [-0.2, 0) is 14.8 Å². The predicted octanol–water partition coefficient (Wildman–Crippen LogP) is 0.256. The van der Waals surface area contributed by atoms with Crippen LogP contribution < -0.4 is 5.32 Å². The van der Waals surface area contributed by atoms with E-state index in [0.29, 0.717) is 13.0 Å². The van der Waals surface area contributed by atoms with Crippen LogP contribution in [0, 0.1) is 0 Å². The molecule has 0 aliphatic heterocycles. The molecule has 0 saturated carbocycles. The summed E-state index contributed by atoms with van der Waals surface area (Å²) in [7, 11) is -2.23. The van der Waals surface area contributed by atoms with Crippen LogP contribution in [0.1, 0.15) is 13.3 Å². The summed E-state index contributed by atoms with van der Waals surface area (Å²) in [5, 5.41) is 13.3. The lowest BCUT2D eigenvalue weighted by Crippen LogP contribution is -2.38. The topological polar surface area (TPSA) is 86.7 Å². The summed E-state index contributed by atoms with van der Waals surface area (Å²) in [5.74, 6) is -0.386. The van der Waals surface area contributed by atoms with Gasteiger partial charge in [-0.1, -0.05) is 6.07 Å². The summed E-state index contributed by atoms with van der Waals surface area (Å²) in [4.78, 5) is 11.6. The van der Waals surface area contributed by atoms with Crippen molar-refractivity contribution in [3.8, 4) is 0 Å². The summed E-state index contributed by atoms with van der Waals surface area (Å²) in [5.41, 5.74) is 0. The number of carbonyl (C=O) groups is 1. The van der Waals surface area contributed by atoms with Gasteiger partial charge in [-0.15, -0.1) is 11.3 Å². The Hall–Kier alpha value is -0.960.